The number of carbonyl (C=O) groups is 3. The third kappa shape index (κ3) is 4.81. The molecule has 0 saturated heterocycles. The van der Waals surface area contributed by atoms with Crippen molar-refractivity contribution in [3.05, 3.63) is 23.5 Å². The van der Waals surface area contributed by atoms with Crippen molar-refractivity contribution in [3.63, 3.8) is 0 Å². The zero-order valence-electron chi connectivity index (χ0n) is 12.7. The maximum atomic E-state index is 12.0. The van der Waals surface area contributed by atoms with Crippen LogP contribution in [0.3, 0.4) is 0 Å². The molecule has 1 aromatic heterocycles. The Morgan fingerprint density at radius 1 is 1.36 bits per heavy atom. The maximum Gasteiger partial charge on any atom is 0.339 e. The van der Waals surface area contributed by atoms with Crippen LogP contribution in [-0.2, 0) is 9.53 Å². The molecule has 3 N–H and O–H groups in total. The van der Waals surface area contributed by atoms with Gasteiger partial charge in [0.1, 0.15) is 0 Å². The highest BCUT2D eigenvalue weighted by atomic mass is 16.5. The molecule has 2 amide bonds. The monoisotopic (exact) mass is 309 g/mol. The maximum absolute atomic E-state index is 12.0. The van der Waals surface area contributed by atoms with Crippen molar-refractivity contribution in [1.29, 1.82) is 0 Å². The van der Waals surface area contributed by atoms with E-state index in [0.29, 0.717) is 0 Å². The molecular weight excluding hydrogens is 290 g/mol. The average Bonchev–Trinajstić information content (AvgIpc) is 2.46. The highest BCUT2D eigenvalue weighted by molar-refractivity contribution is 6.06. The summed E-state index contributed by atoms with van der Waals surface area (Å²) in [5.74, 6) is -1.88. The Kier molecular flexibility index (Phi) is 6.46. The molecule has 0 radical (unpaired) electrons. The molecule has 22 heavy (non-hydrogen) atoms. The molecule has 1 heterocycles. The molecule has 0 aliphatic rings. The second-order valence-corrected chi connectivity index (χ2v) is 4.54. The van der Waals surface area contributed by atoms with E-state index in [0.717, 1.165) is 0 Å². The van der Waals surface area contributed by atoms with E-state index >= 15 is 0 Å². The van der Waals surface area contributed by atoms with Crippen molar-refractivity contribution in [2.75, 3.05) is 13.2 Å². The SMILES string of the molecule is CCOC(=O)c1cnc(C(=O)NC(=O)CN)c(OC(C)C)c1. The van der Waals surface area contributed by atoms with E-state index in [2.05, 4.69) is 10.3 Å². The second kappa shape index (κ2) is 8.08. The van der Waals surface area contributed by atoms with Gasteiger partial charge in [-0.25, -0.2) is 9.78 Å². The lowest BCUT2D eigenvalue weighted by molar-refractivity contribution is -0.118. The smallest absolute Gasteiger partial charge is 0.339 e. The quantitative estimate of drug-likeness (QED) is 0.723. The van der Waals surface area contributed by atoms with Crippen molar-refractivity contribution in [2.45, 2.75) is 26.9 Å². The van der Waals surface area contributed by atoms with E-state index < -0.39 is 17.8 Å². The molecule has 0 saturated carbocycles. The van der Waals surface area contributed by atoms with Gasteiger partial charge in [0.15, 0.2) is 11.4 Å². The van der Waals surface area contributed by atoms with E-state index in [1.54, 1.807) is 20.8 Å². The fraction of sp³-hybridized carbons (Fsp3) is 0.429. The number of hydrogen-bond acceptors (Lipinski definition) is 7. The summed E-state index contributed by atoms with van der Waals surface area (Å²) in [6.07, 6.45) is 0.934. The number of ether oxygens (including phenoxy) is 2. The van der Waals surface area contributed by atoms with Crippen LogP contribution in [0.2, 0.25) is 0 Å². The lowest BCUT2D eigenvalue weighted by atomic mass is 10.2. The van der Waals surface area contributed by atoms with Crippen LogP contribution in [0.5, 0.6) is 5.75 Å². The summed E-state index contributed by atoms with van der Waals surface area (Å²) in [6, 6.07) is 1.35. The number of nitrogens with zero attached hydrogens (tertiary/aromatic N) is 1. The Morgan fingerprint density at radius 3 is 2.59 bits per heavy atom. The molecule has 0 aromatic carbocycles. The first kappa shape index (κ1) is 17.6. The number of amides is 2. The first-order chi connectivity index (χ1) is 10.4. The summed E-state index contributed by atoms with van der Waals surface area (Å²) < 4.78 is 10.3. The summed E-state index contributed by atoms with van der Waals surface area (Å²) in [7, 11) is 0. The van der Waals surface area contributed by atoms with Gasteiger partial charge in [0, 0.05) is 6.20 Å². The number of imide groups is 1. The van der Waals surface area contributed by atoms with Crippen molar-refractivity contribution in [2.24, 2.45) is 5.73 Å². The molecule has 1 rings (SSSR count). The number of esters is 1. The topological polar surface area (TPSA) is 121 Å². The number of hydrogen-bond donors (Lipinski definition) is 2. The minimum atomic E-state index is -0.749. The normalized spacial score (nSPS) is 10.2. The summed E-state index contributed by atoms with van der Waals surface area (Å²) in [6.45, 7) is 5.07. The predicted octanol–water partition coefficient (Wildman–Crippen LogP) is 0.261. The largest absolute Gasteiger partial charge is 0.489 e. The molecule has 0 unspecified atom stereocenters. The number of pyridine rings is 1. The van der Waals surface area contributed by atoms with Gasteiger partial charge in [-0.1, -0.05) is 0 Å². The number of nitrogens with two attached hydrogens (primary N) is 1. The van der Waals surface area contributed by atoms with Crippen LogP contribution >= 0.6 is 0 Å². The highest BCUT2D eigenvalue weighted by Crippen LogP contribution is 2.20. The van der Waals surface area contributed by atoms with E-state index in [9.17, 15) is 14.4 Å². The minimum absolute atomic E-state index is 0.0860. The Morgan fingerprint density at radius 2 is 2.05 bits per heavy atom. The van der Waals surface area contributed by atoms with Crippen LogP contribution in [0.4, 0.5) is 0 Å². The van der Waals surface area contributed by atoms with Crippen LogP contribution in [-0.4, -0.2) is 42.0 Å². The highest BCUT2D eigenvalue weighted by Gasteiger charge is 2.20. The van der Waals surface area contributed by atoms with E-state index in [1.807, 2.05) is 0 Å². The standard InChI is InChI=1S/C14H19N3O5/c1-4-21-14(20)9-5-10(22-8(2)3)12(16-7-9)13(19)17-11(18)6-15/h5,7-8H,4,6,15H2,1-3H3,(H,17,18,19). The lowest BCUT2D eigenvalue weighted by Gasteiger charge is -2.14. The number of aromatic nitrogens is 1. The first-order valence-electron chi connectivity index (χ1n) is 6.77. The molecule has 0 atom stereocenters. The van der Waals surface area contributed by atoms with Gasteiger partial charge in [-0.2, -0.15) is 0 Å². The van der Waals surface area contributed by atoms with Gasteiger partial charge in [0.25, 0.3) is 5.91 Å². The molecule has 8 heteroatoms. The van der Waals surface area contributed by atoms with Gasteiger partial charge < -0.3 is 15.2 Å². The molecule has 0 fully saturated rings. The Balaban J connectivity index is 3.12. The Bertz CT molecular complexity index is 572. The number of rotatable bonds is 6. The molecule has 120 valence electrons. The van der Waals surface area contributed by atoms with E-state index in [-0.39, 0.29) is 36.3 Å². The van der Waals surface area contributed by atoms with Crippen LogP contribution < -0.4 is 15.8 Å². The second-order valence-electron chi connectivity index (χ2n) is 4.54. The summed E-state index contributed by atoms with van der Waals surface area (Å²) in [5.41, 5.74) is 5.18. The van der Waals surface area contributed by atoms with Gasteiger partial charge in [0.2, 0.25) is 5.91 Å². The van der Waals surface area contributed by atoms with E-state index in [1.165, 1.54) is 12.3 Å². The predicted molar refractivity (Wildman–Crippen MR) is 77.5 cm³/mol. The first-order valence-corrected chi connectivity index (χ1v) is 6.77. The van der Waals surface area contributed by atoms with E-state index in [4.69, 9.17) is 15.2 Å². The van der Waals surface area contributed by atoms with Crippen molar-refractivity contribution in [3.8, 4) is 5.75 Å². The van der Waals surface area contributed by atoms with Crippen LogP contribution in [0.15, 0.2) is 12.3 Å². The number of nitrogens with one attached hydrogen (secondary N) is 1. The summed E-state index contributed by atoms with van der Waals surface area (Å²) in [5, 5.41) is 2.07. The van der Waals surface area contributed by atoms with Gasteiger partial charge in [-0.15, -0.1) is 0 Å². The minimum Gasteiger partial charge on any atom is -0.489 e. The van der Waals surface area contributed by atoms with Gasteiger partial charge in [0.05, 0.1) is 24.8 Å². The zero-order valence-corrected chi connectivity index (χ0v) is 12.7. The summed E-state index contributed by atoms with van der Waals surface area (Å²) >= 11 is 0. The van der Waals surface area contributed by atoms with Crippen molar-refractivity contribution >= 4 is 17.8 Å². The fourth-order valence-corrected chi connectivity index (χ4v) is 1.52. The van der Waals surface area contributed by atoms with Crippen molar-refractivity contribution < 1.29 is 23.9 Å². The molecule has 8 nitrogen and oxygen atoms in total. The van der Waals surface area contributed by atoms with Gasteiger partial charge >= 0.3 is 5.97 Å². The van der Waals surface area contributed by atoms with Gasteiger partial charge in [-0.05, 0) is 26.8 Å². The average molecular weight is 309 g/mol. The fourth-order valence-electron chi connectivity index (χ4n) is 1.52. The van der Waals surface area contributed by atoms with Crippen LogP contribution in [0, 0.1) is 0 Å². The Hall–Kier alpha value is -2.48. The molecule has 0 bridgehead atoms. The van der Waals surface area contributed by atoms with Crippen LogP contribution in [0.25, 0.3) is 0 Å². The third-order valence-corrected chi connectivity index (χ3v) is 2.38. The lowest BCUT2D eigenvalue weighted by Crippen LogP contribution is -2.36. The van der Waals surface area contributed by atoms with Crippen LogP contribution in [0.1, 0.15) is 41.6 Å². The van der Waals surface area contributed by atoms with Crippen molar-refractivity contribution in [1.82, 2.24) is 10.3 Å². The number of carbonyl (C=O) groups excluding carboxylic acids is 3. The third-order valence-electron chi connectivity index (χ3n) is 2.38. The molecule has 1 aromatic rings. The molecule has 0 spiro atoms. The summed E-state index contributed by atoms with van der Waals surface area (Å²) in [4.78, 5) is 38.8. The molecule has 0 aliphatic heterocycles. The molecule has 0 aliphatic carbocycles. The Labute approximate surface area is 128 Å². The zero-order chi connectivity index (χ0) is 16.7. The van der Waals surface area contributed by atoms with Gasteiger partial charge in [-0.3, -0.25) is 14.9 Å². The molecular formula is C14H19N3O5.